The Hall–Kier alpha value is -3.03. The molecular weight excluding hydrogens is 357 g/mol. The fraction of sp³-hybridized carbons (Fsp3) is 0.263. The summed E-state index contributed by atoms with van der Waals surface area (Å²) in [5.41, 5.74) is 0.753. The Morgan fingerprint density at radius 3 is 2.41 bits per heavy atom. The van der Waals surface area contributed by atoms with Crippen LogP contribution in [0, 0.1) is 0 Å². The van der Waals surface area contributed by atoms with Crippen LogP contribution in [-0.4, -0.2) is 42.0 Å². The fourth-order valence-electron chi connectivity index (χ4n) is 3.30. The monoisotopic (exact) mass is 375 g/mol. The normalized spacial score (nSPS) is 15.4. The van der Waals surface area contributed by atoms with Crippen molar-refractivity contribution in [3.05, 3.63) is 59.9 Å². The van der Waals surface area contributed by atoms with Gasteiger partial charge in [0.25, 0.3) is 11.7 Å². The van der Waals surface area contributed by atoms with Crippen LogP contribution in [-0.2, 0) is 6.18 Å². The smallest absolute Gasteiger partial charge is 0.351 e. The van der Waals surface area contributed by atoms with E-state index in [1.165, 1.54) is 6.07 Å². The topological polar surface area (TPSA) is 53.5 Å². The van der Waals surface area contributed by atoms with Crippen molar-refractivity contribution in [3.8, 4) is 0 Å². The third kappa shape index (κ3) is 3.47. The van der Waals surface area contributed by atoms with Gasteiger partial charge in [0.2, 0.25) is 0 Å². The molecular formula is C19H18F3N4O+. The standard InChI is InChI=1S/C19H17F3N4O/c20-19(21,22)14-5-6-17(23-12-14)25-7-9-26(10-8-25)18(27)16-11-13-3-1-2-4-15(13)24-16/h1-6,11-12,24H,7-10H2/p+1. The Bertz CT molecular complexity index is 924. The van der Waals surface area contributed by atoms with Crippen LogP contribution in [0.2, 0.25) is 0 Å². The molecule has 0 spiro atoms. The molecule has 2 N–H and O–H groups in total. The number of nitrogens with one attached hydrogen (secondary N) is 2. The Morgan fingerprint density at radius 1 is 1.04 bits per heavy atom. The van der Waals surface area contributed by atoms with Gasteiger partial charge in [0.05, 0.1) is 18.7 Å². The lowest BCUT2D eigenvalue weighted by molar-refractivity contribution is -0.367. The predicted octanol–water partition coefficient (Wildman–Crippen LogP) is 2.96. The average molecular weight is 375 g/mol. The number of benzene rings is 1. The van der Waals surface area contributed by atoms with Crippen LogP contribution < -0.4 is 9.88 Å². The third-order valence-electron chi connectivity index (χ3n) is 4.79. The van der Waals surface area contributed by atoms with Gasteiger partial charge in [0.1, 0.15) is 25.0 Å². The highest BCUT2D eigenvalue weighted by molar-refractivity contribution is 5.98. The van der Waals surface area contributed by atoms with Gasteiger partial charge in [-0.3, -0.25) is 9.69 Å². The molecule has 8 heteroatoms. The first-order valence-electron chi connectivity index (χ1n) is 8.63. The number of para-hydroxylation sites is 1. The van der Waals surface area contributed by atoms with Crippen LogP contribution in [0.1, 0.15) is 16.1 Å². The van der Waals surface area contributed by atoms with Gasteiger partial charge >= 0.3 is 6.18 Å². The molecule has 1 aliphatic heterocycles. The molecule has 5 nitrogen and oxygen atoms in total. The number of aromatic amines is 2. The number of carbonyl (C=O) groups is 1. The summed E-state index contributed by atoms with van der Waals surface area (Å²) in [6.45, 7) is 2.10. The molecule has 1 saturated heterocycles. The van der Waals surface area contributed by atoms with Crippen LogP contribution in [0.3, 0.4) is 0 Å². The second kappa shape index (κ2) is 6.61. The molecule has 0 aliphatic carbocycles. The molecule has 0 unspecified atom stereocenters. The lowest BCUT2D eigenvalue weighted by Crippen LogP contribution is -2.50. The van der Waals surface area contributed by atoms with Crippen LogP contribution in [0.15, 0.2) is 48.7 Å². The summed E-state index contributed by atoms with van der Waals surface area (Å²) in [7, 11) is 0. The summed E-state index contributed by atoms with van der Waals surface area (Å²) in [6, 6.07) is 12.0. The largest absolute Gasteiger partial charge is 0.419 e. The first-order chi connectivity index (χ1) is 12.9. The van der Waals surface area contributed by atoms with Gasteiger partial charge in [-0.05, 0) is 18.2 Å². The van der Waals surface area contributed by atoms with Gasteiger partial charge in [-0.2, -0.15) is 13.2 Å². The molecule has 4 rings (SSSR count). The second-order valence-electron chi connectivity index (χ2n) is 6.51. The number of hydrogen-bond acceptors (Lipinski definition) is 2. The van der Waals surface area contributed by atoms with Crippen molar-refractivity contribution in [2.45, 2.75) is 6.18 Å². The van der Waals surface area contributed by atoms with Crippen LogP contribution in [0.25, 0.3) is 10.9 Å². The molecule has 0 bridgehead atoms. The Morgan fingerprint density at radius 2 is 1.78 bits per heavy atom. The maximum absolute atomic E-state index is 12.7. The van der Waals surface area contributed by atoms with Crippen LogP contribution >= 0.6 is 0 Å². The average Bonchev–Trinajstić information content (AvgIpc) is 3.11. The van der Waals surface area contributed by atoms with E-state index in [1.807, 2.05) is 35.2 Å². The van der Waals surface area contributed by atoms with Crippen LogP contribution in [0.4, 0.5) is 19.0 Å². The Kier molecular flexibility index (Phi) is 4.25. The summed E-state index contributed by atoms with van der Waals surface area (Å²) in [5, 5.41) is 0.985. The number of alkyl halides is 3. The highest BCUT2D eigenvalue weighted by Gasteiger charge is 2.33. The number of rotatable bonds is 2. The molecule has 1 aliphatic rings. The minimum absolute atomic E-state index is 0.0674. The number of pyridine rings is 1. The highest BCUT2D eigenvalue weighted by Crippen LogP contribution is 2.28. The summed E-state index contributed by atoms with van der Waals surface area (Å²) in [5.74, 6) is 0.544. The minimum Gasteiger partial charge on any atom is -0.351 e. The number of anilines is 1. The molecule has 1 fully saturated rings. The number of halogens is 3. The number of amides is 1. The number of fused-ring (bicyclic) bond motifs is 1. The van der Waals surface area contributed by atoms with Crippen LogP contribution in [0.5, 0.6) is 0 Å². The quantitative estimate of drug-likeness (QED) is 0.749. The Labute approximate surface area is 153 Å². The van der Waals surface area contributed by atoms with Gasteiger partial charge in [-0.1, -0.05) is 18.2 Å². The Balaban J connectivity index is 1.41. The maximum Gasteiger partial charge on any atom is 0.419 e. The predicted molar refractivity (Wildman–Crippen MR) is 94.4 cm³/mol. The molecule has 1 aromatic carbocycles. The van der Waals surface area contributed by atoms with Crippen molar-refractivity contribution in [1.29, 1.82) is 0 Å². The zero-order chi connectivity index (χ0) is 19.0. The summed E-state index contributed by atoms with van der Waals surface area (Å²) < 4.78 is 38.0. The van der Waals surface area contributed by atoms with Crippen molar-refractivity contribution >= 4 is 22.6 Å². The summed E-state index contributed by atoms with van der Waals surface area (Å²) in [4.78, 5) is 22.2. The fourth-order valence-corrected chi connectivity index (χ4v) is 3.30. The van der Waals surface area contributed by atoms with E-state index in [0.717, 1.165) is 23.2 Å². The first-order valence-corrected chi connectivity index (χ1v) is 8.63. The van der Waals surface area contributed by atoms with Crippen molar-refractivity contribution in [3.63, 3.8) is 0 Å². The van der Waals surface area contributed by atoms with Crippen molar-refractivity contribution in [2.24, 2.45) is 0 Å². The number of carbonyl (C=O) groups excluding carboxylic acids is 1. The van der Waals surface area contributed by atoms with E-state index in [-0.39, 0.29) is 5.91 Å². The lowest BCUT2D eigenvalue weighted by atomic mass is 10.2. The molecule has 0 radical (unpaired) electrons. The SMILES string of the molecule is O=C(c1cc2ccccc2[nH]1)N1CCN(c2ccc(C(F)(F)F)c[nH+]2)CC1. The molecule has 0 atom stereocenters. The van der Waals surface area contributed by atoms with E-state index in [9.17, 15) is 18.0 Å². The lowest BCUT2D eigenvalue weighted by Gasteiger charge is -2.30. The summed E-state index contributed by atoms with van der Waals surface area (Å²) in [6.07, 6.45) is -3.39. The van der Waals surface area contributed by atoms with Gasteiger partial charge in [0, 0.05) is 17.0 Å². The molecule has 1 amide bonds. The molecule has 3 aromatic rings. The minimum atomic E-state index is -4.36. The van der Waals surface area contributed by atoms with E-state index in [1.54, 1.807) is 4.90 Å². The first kappa shape index (κ1) is 17.4. The van der Waals surface area contributed by atoms with E-state index >= 15 is 0 Å². The third-order valence-corrected chi connectivity index (χ3v) is 4.79. The highest BCUT2D eigenvalue weighted by atomic mass is 19.4. The van der Waals surface area contributed by atoms with E-state index in [4.69, 9.17) is 0 Å². The van der Waals surface area contributed by atoms with E-state index in [2.05, 4.69) is 9.97 Å². The van der Waals surface area contributed by atoms with Gasteiger partial charge in [0.15, 0.2) is 0 Å². The molecule has 27 heavy (non-hydrogen) atoms. The second-order valence-corrected chi connectivity index (χ2v) is 6.51. The zero-order valence-electron chi connectivity index (χ0n) is 14.4. The number of hydrogen-bond donors (Lipinski definition) is 1. The van der Waals surface area contributed by atoms with Crippen molar-refractivity contribution in [2.75, 3.05) is 31.1 Å². The zero-order valence-corrected chi connectivity index (χ0v) is 14.4. The number of nitrogens with zero attached hydrogens (tertiary/aromatic N) is 2. The van der Waals surface area contributed by atoms with E-state index < -0.39 is 11.7 Å². The summed E-state index contributed by atoms with van der Waals surface area (Å²) >= 11 is 0. The van der Waals surface area contributed by atoms with Gasteiger partial charge in [-0.15, -0.1) is 0 Å². The molecule has 140 valence electrons. The molecule has 3 heterocycles. The molecule has 2 aromatic heterocycles. The maximum atomic E-state index is 12.7. The van der Waals surface area contributed by atoms with Gasteiger partial charge in [-0.25, -0.2) is 4.98 Å². The number of aromatic nitrogens is 2. The van der Waals surface area contributed by atoms with E-state index in [0.29, 0.717) is 37.7 Å². The van der Waals surface area contributed by atoms with Crippen molar-refractivity contribution < 1.29 is 22.9 Å². The number of H-pyrrole nitrogens is 2. The number of piperazine rings is 1. The van der Waals surface area contributed by atoms with Gasteiger partial charge < -0.3 is 9.88 Å². The molecule has 0 saturated carbocycles. The van der Waals surface area contributed by atoms with Crippen molar-refractivity contribution in [1.82, 2.24) is 9.88 Å².